The molecule has 1 radical (unpaired) electrons. The quantitative estimate of drug-likeness (QED) is 0.602. The van der Waals surface area contributed by atoms with Crippen LogP contribution in [0.15, 0.2) is 0 Å². The van der Waals surface area contributed by atoms with Crippen LogP contribution in [-0.2, 0) is 0 Å². The molecule has 0 bridgehead atoms. The molecule has 0 spiro atoms. The first-order chi connectivity index (χ1) is 4.35. The second-order valence-corrected chi connectivity index (χ2v) is 2.43. The van der Waals surface area contributed by atoms with Crippen molar-refractivity contribution in [2.24, 2.45) is 11.7 Å². The van der Waals surface area contributed by atoms with E-state index in [2.05, 4.69) is 20.3 Å². The lowest BCUT2D eigenvalue weighted by molar-refractivity contribution is 0.521. The van der Waals surface area contributed by atoms with Crippen LogP contribution < -0.4 is 5.73 Å². The molecular weight excluding hydrogens is 110 g/mol. The van der Waals surface area contributed by atoms with E-state index in [1.165, 1.54) is 19.3 Å². The number of nitrogens with two attached hydrogens (primary N) is 1. The molecule has 55 valence electrons. The zero-order valence-corrected chi connectivity index (χ0v) is 6.56. The van der Waals surface area contributed by atoms with Gasteiger partial charge in [-0.1, -0.05) is 33.1 Å². The molecule has 0 aliphatic rings. The average molecular weight is 128 g/mol. The predicted molar refractivity (Wildman–Crippen MR) is 42.0 cm³/mol. The third-order valence-electron chi connectivity index (χ3n) is 1.65. The third kappa shape index (κ3) is 4.46. The summed E-state index contributed by atoms with van der Waals surface area (Å²) in [6.07, 6.45) is 6.03. The van der Waals surface area contributed by atoms with Crippen LogP contribution in [0.3, 0.4) is 0 Å². The van der Waals surface area contributed by atoms with Crippen LogP contribution in [0.25, 0.3) is 0 Å². The van der Waals surface area contributed by atoms with Gasteiger partial charge in [-0.3, -0.25) is 0 Å². The van der Waals surface area contributed by atoms with Crippen LogP contribution in [0.5, 0.6) is 0 Å². The Morgan fingerprint density at radius 3 is 2.44 bits per heavy atom. The summed E-state index contributed by atoms with van der Waals surface area (Å²) >= 11 is 0. The van der Waals surface area contributed by atoms with E-state index in [1.807, 2.05) is 0 Å². The summed E-state index contributed by atoms with van der Waals surface area (Å²) in [5, 5.41) is 0. The van der Waals surface area contributed by atoms with Gasteiger partial charge >= 0.3 is 0 Å². The fourth-order valence-corrected chi connectivity index (χ4v) is 1.05. The summed E-state index contributed by atoms with van der Waals surface area (Å²) in [5.74, 6) is 0.764. The fourth-order valence-electron chi connectivity index (χ4n) is 1.05. The lowest BCUT2D eigenvalue weighted by atomic mass is 9.97. The maximum Gasteiger partial charge on any atom is -0.00430 e. The molecule has 0 aliphatic carbocycles. The highest BCUT2D eigenvalue weighted by Crippen LogP contribution is 2.12. The van der Waals surface area contributed by atoms with Crippen LogP contribution in [0.1, 0.15) is 33.1 Å². The summed E-state index contributed by atoms with van der Waals surface area (Å²) in [6.45, 7) is 5.16. The Bertz CT molecular complexity index is 46.5. The van der Waals surface area contributed by atoms with Gasteiger partial charge in [-0.15, -0.1) is 0 Å². The molecule has 0 fully saturated rings. The maximum absolute atomic E-state index is 5.38. The Hall–Kier alpha value is -0.0400. The molecular formula is C8H18N. The monoisotopic (exact) mass is 128 g/mol. The first-order valence-corrected chi connectivity index (χ1v) is 3.88. The van der Waals surface area contributed by atoms with E-state index >= 15 is 0 Å². The van der Waals surface area contributed by atoms with E-state index in [4.69, 9.17) is 5.73 Å². The van der Waals surface area contributed by atoms with Crippen LogP contribution >= 0.6 is 0 Å². The van der Waals surface area contributed by atoms with E-state index in [9.17, 15) is 0 Å². The Labute approximate surface area is 58.6 Å². The molecule has 0 saturated heterocycles. The molecule has 0 aromatic carbocycles. The first-order valence-electron chi connectivity index (χ1n) is 3.88. The highest BCUT2D eigenvalue weighted by atomic mass is 14.5. The van der Waals surface area contributed by atoms with E-state index in [1.54, 1.807) is 0 Å². The molecule has 1 unspecified atom stereocenters. The molecule has 1 nitrogen and oxygen atoms in total. The van der Waals surface area contributed by atoms with E-state index < -0.39 is 0 Å². The van der Waals surface area contributed by atoms with Gasteiger partial charge in [-0.2, -0.15) is 0 Å². The molecule has 1 heteroatoms. The summed E-state index contributed by atoms with van der Waals surface area (Å²) < 4.78 is 0. The SMILES string of the molecule is CCCC([CH]CN)CC. The highest BCUT2D eigenvalue weighted by molar-refractivity contribution is 4.74. The van der Waals surface area contributed by atoms with Gasteiger partial charge < -0.3 is 5.73 Å². The highest BCUT2D eigenvalue weighted by Gasteiger charge is 2.01. The Kier molecular flexibility index (Phi) is 6.06. The van der Waals surface area contributed by atoms with Crippen molar-refractivity contribution in [3.05, 3.63) is 6.42 Å². The lowest BCUT2D eigenvalue weighted by Gasteiger charge is -2.10. The van der Waals surface area contributed by atoms with Gasteiger partial charge in [0.05, 0.1) is 0 Å². The maximum atomic E-state index is 5.38. The fraction of sp³-hybridized carbons (Fsp3) is 0.875. The van der Waals surface area contributed by atoms with Crippen molar-refractivity contribution >= 4 is 0 Å². The Balaban J connectivity index is 3.18. The largest absolute Gasteiger partial charge is 0.330 e. The Morgan fingerprint density at radius 2 is 2.11 bits per heavy atom. The van der Waals surface area contributed by atoms with Crippen molar-refractivity contribution in [3.63, 3.8) is 0 Å². The molecule has 0 aliphatic heterocycles. The van der Waals surface area contributed by atoms with Crippen molar-refractivity contribution in [1.29, 1.82) is 0 Å². The van der Waals surface area contributed by atoms with E-state index in [-0.39, 0.29) is 0 Å². The van der Waals surface area contributed by atoms with Crippen LogP contribution in [0.4, 0.5) is 0 Å². The van der Waals surface area contributed by atoms with Gasteiger partial charge in [-0.05, 0) is 18.9 Å². The predicted octanol–water partition coefficient (Wildman–Crippen LogP) is 1.98. The summed E-state index contributed by atoms with van der Waals surface area (Å²) in [6, 6.07) is 0. The zero-order chi connectivity index (χ0) is 7.11. The molecule has 0 aromatic rings. The van der Waals surface area contributed by atoms with Gasteiger partial charge in [0.1, 0.15) is 0 Å². The second kappa shape index (κ2) is 6.09. The van der Waals surface area contributed by atoms with Crippen molar-refractivity contribution in [2.75, 3.05) is 6.54 Å². The minimum Gasteiger partial charge on any atom is -0.330 e. The lowest BCUT2D eigenvalue weighted by Crippen LogP contribution is -2.08. The Morgan fingerprint density at radius 1 is 1.44 bits per heavy atom. The smallest absolute Gasteiger partial charge is 0.00430 e. The molecule has 9 heavy (non-hydrogen) atoms. The minimum atomic E-state index is 0.735. The van der Waals surface area contributed by atoms with Gasteiger partial charge in [0.25, 0.3) is 0 Å². The van der Waals surface area contributed by atoms with E-state index in [0.29, 0.717) is 0 Å². The molecule has 0 aromatic heterocycles. The van der Waals surface area contributed by atoms with E-state index in [0.717, 1.165) is 12.5 Å². The third-order valence-corrected chi connectivity index (χ3v) is 1.65. The average Bonchev–Trinajstić information content (AvgIpc) is 1.88. The van der Waals surface area contributed by atoms with Gasteiger partial charge in [-0.25, -0.2) is 0 Å². The summed E-state index contributed by atoms with van der Waals surface area (Å²) in [4.78, 5) is 0. The van der Waals surface area contributed by atoms with Crippen LogP contribution in [0.2, 0.25) is 0 Å². The normalized spacial score (nSPS) is 13.7. The van der Waals surface area contributed by atoms with Crippen molar-refractivity contribution < 1.29 is 0 Å². The summed E-state index contributed by atoms with van der Waals surface area (Å²) in [5.41, 5.74) is 5.38. The molecule has 0 amide bonds. The standard InChI is InChI=1S/C8H18N/c1-3-5-8(4-2)6-7-9/h6,8H,3-5,7,9H2,1-2H3. The minimum absolute atomic E-state index is 0.735. The van der Waals surface area contributed by atoms with Crippen LogP contribution in [0, 0.1) is 12.3 Å². The summed E-state index contributed by atoms with van der Waals surface area (Å²) in [7, 11) is 0. The van der Waals surface area contributed by atoms with Crippen molar-refractivity contribution in [2.45, 2.75) is 33.1 Å². The van der Waals surface area contributed by atoms with Crippen molar-refractivity contribution in [1.82, 2.24) is 0 Å². The number of rotatable bonds is 5. The van der Waals surface area contributed by atoms with Gasteiger partial charge in [0.2, 0.25) is 0 Å². The number of hydrogen-bond acceptors (Lipinski definition) is 1. The van der Waals surface area contributed by atoms with Crippen LogP contribution in [-0.4, -0.2) is 6.54 Å². The molecule has 0 heterocycles. The molecule has 0 rings (SSSR count). The first kappa shape index (κ1) is 8.96. The zero-order valence-electron chi connectivity index (χ0n) is 6.56. The topological polar surface area (TPSA) is 26.0 Å². The number of hydrogen-bond donors (Lipinski definition) is 1. The van der Waals surface area contributed by atoms with Gasteiger partial charge in [0.15, 0.2) is 0 Å². The molecule has 2 N–H and O–H groups in total. The molecule has 0 saturated carbocycles. The second-order valence-electron chi connectivity index (χ2n) is 2.43. The van der Waals surface area contributed by atoms with Gasteiger partial charge in [0, 0.05) is 0 Å². The molecule has 1 atom stereocenters. The van der Waals surface area contributed by atoms with Crippen molar-refractivity contribution in [3.8, 4) is 0 Å².